The standard InChI is InChI=1S/C6H12FN3/c1-5(3-8)9-4-10-6(2)7/h3-4,6H,8H2,1-2H3,(H,9,10)/b5-3+. The van der Waals surface area contributed by atoms with Crippen LogP contribution in [0.1, 0.15) is 13.8 Å². The third-order valence-electron chi connectivity index (χ3n) is 0.822. The van der Waals surface area contributed by atoms with Crippen molar-refractivity contribution in [3.63, 3.8) is 0 Å². The summed E-state index contributed by atoms with van der Waals surface area (Å²) in [4.78, 5) is 3.41. The normalized spacial score (nSPS) is 15.7. The highest BCUT2D eigenvalue weighted by atomic mass is 19.1. The van der Waals surface area contributed by atoms with Crippen LogP contribution >= 0.6 is 0 Å². The second-order valence-electron chi connectivity index (χ2n) is 1.85. The van der Waals surface area contributed by atoms with E-state index in [9.17, 15) is 4.39 Å². The summed E-state index contributed by atoms with van der Waals surface area (Å²) in [6.45, 7) is 3.11. The van der Waals surface area contributed by atoms with Crippen LogP contribution in [0.3, 0.4) is 0 Å². The summed E-state index contributed by atoms with van der Waals surface area (Å²) in [7, 11) is 0. The average molecular weight is 145 g/mol. The fourth-order valence-corrected chi connectivity index (χ4v) is 0.290. The van der Waals surface area contributed by atoms with E-state index in [-0.39, 0.29) is 0 Å². The van der Waals surface area contributed by atoms with Gasteiger partial charge in [-0.25, -0.2) is 9.38 Å². The number of hydrogen-bond donors (Lipinski definition) is 2. The molecule has 0 rings (SSSR count). The Bertz CT molecular complexity index is 140. The molecule has 58 valence electrons. The number of nitrogens with zero attached hydrogens (tertiary/aromatic N) is 1. The molecule has 1 atom stereocenters. The molecule has 0 aliphatic heterocycles. The van der Waals surface area contributed by atoms with Gasteiger partial charge in [-0.05, 0) is 13.8 Å². The third kappa shape index (κ3) is 5.08. The summed E-state index contributed by atoms with van der Waals surface area (Å²) in [5, 5.41) is 2.67. The highest BCUT2D eigenvalue weighted by molar-refractivity contribution is 5.57. The van der Waals surface area contributed by atoms with Gasteiger partial charge in [0, 0.05) is 11.9 Å². The lowest BCUT2D eigenvalue weighted by molar-refractivity contribution is 0.377. The van der Waals surface area contributed by atoms with Crippen molar-refractivity contribution in [1.82, 2.24) is 5.32 Å². The number of nitrogens with two attached hydrogens (primary N) is 1. The van der Waals surface area contributed by atoms with E-state index in [1.165, 1.54) is 19.5 Å². The van der Waals surface area contributed by atoms with Crippen molar-refractivity contribution in [2.75, 3.05) is 0 Å². The van der Waals surface area contributed by atoms with E-state index in [1.54, 1.807) is 6.92 Å². The van der Waals surface area contributed by atoms with Gasteiger partial charge in [-0.15, -0.1) is 0 Å². The molecule has 3 nitrogen and oxygen atoms in total. The third-order valence-corrected chi connectivity index (χ3v) is 0.822. The molecule has 3 N–H and O–H groups in total. The van der Waals surface area contributed by atoms with Crippen molar-refractivity contribution >= 4 is 6.34 Å². The maximum absolute atomic E-state index is 12.0. The van der Waals surface area contributed by atoms with Crippen LogP contribution in [0.5, 0.6) is 0 Å². The van der Waals surface area contributed by atoms with Crippen LogP contribution < -0.4 is 11.1 Å². The zero-order chi connectivity index (χ0) is 7.98. The molecule has 0 spiro atoms. The molecule has 0 radical (unpaired) electrons. The van der Waals surface area contributed by atoms with Gasteiger partial charge in [-0.1, -0.05) is 0 Å². The predicted molar refractivity (Wildman–Crippen MR) is 40.1 cm³/mol. The maximum atomic E-state index is 12.0. The molecule has 0 aromatic carbocycles. The van der Waals surface area contributed by atoms with Gasteiger partial charge < -0.3 is 11.1 Å². The fourth-order valence-electron chi connectivity index (χ4n) is 0.290. The van der Waals surface area contributed by atoms with Crippen molar-refractivity contribution < 1.29 is 4.39 Å². The van der Waals surface area contributed by atoms with Crippen LogP contribution in [0.25, 0.3) is 0 Å². The van der Waals surface area contributed by atoms with Crippen molar-refractivity contribution in [1.29, 1.82) is 0 Å². The number of rotatable bonds is 3. The second-order valence-corrected chi connectivity index (χ2v) is 1.85. The topological polar surface area (TPSA) is 50.4 Å². The van der Waals surface area contributed by atoms with Crippen LogP contribution in [0.15, 0.2) is 16.9 Å². The zero-order valence-electron chi connectivity index (χ0n) is 6.13. The summed E-state index contributed by atoms with van der Waals surface area (Å²) in [5.74, 6) is 0. The van der Waals surface area contributed by atoms with Crippen LogP contribution in [-0.4, -0.2) is 12.6 Å². The largest absolute Gasteiger partial charge is 0.403 e. The Balaban J connectivity index is 3.54. The molecule has 0 aromatic rings. The Morgan fingerprint density at radius 1 is 1.80 bits per heavy atom. The quantitative estimate of drug-likeness (QED) is 0.349. The van der Waals surface area contributed by atoms with Crippen LogP contribution in [0, 0.1) is 0 Å². The minimum Gasteiger partial charge on any atom is -0.403 e. The number of allylic oxidation sites excluding steroid dienone is 1. The molecule has 10 heavy (non-hydrogen) atoms. The summed E-state index contributed by atoms with van der Waals surface area (Å²) in [5.41, 5.74) is 5.85. The number of alkyl halides is 1. The Labute approximate surface area is 59.8 Å². The molecule has 0 saturated heterocycles. The number of hydrogen-bond acceptors (Lipinski definition) is 2. The Morgan fingerprint density at radius 3 is 2.80 bits per heavy atom. The number of aliphatic imine (C=N–C) groups is 1. The van der Waals surface area contributed by atoms with Crippen molar-refractivity contribution in [3.8, 4) is 0 Å². The van der Waals surface area contributed by atoms with E-state index in [0.717, 1.165) is 5.70 Å². The molecular weight excluding hydrogens is 133 g/mol. The first kappa shape index (κ1) is 8.94. The number of nitrogens with one attached hydrogen (secondary N) is 1. The Kier molecular flexibility index (Phi) is 4.28. The van der Waals surface area contributed by atoms with E-state index in [0.29, 0.717) is 0 Å². The van der Waals surface area contributed by atoms with Gasteiger partial charge >= 0.3 is 0 Å². The summed E-state index contributed by atoms with van der Waals surface area (Å²) in [6, 6.07) is 0. The van der Waals surface area contributed by atoms with Crippen LogP contribution in [0.4, 0.5) is 4.39 Å². The first-order valence-electron chi connectivity index (χ1n) is 2.97. The molecular formula is C6H12FN3. The maximum Gasteiger partial charge on any atom is 0.188 e. The van der Waals surface area contributed by atoms with E-state index >= 15 is 0 Å². The SMILES string of the molecule is C/C(=C\N)NC=NC(C)F. The van der Waals surface area contributed by atoms with Crippen LogP contribution in [-0.2, 0) is 0 Å². The van der Waals surface area contributed by atoms with Crippen molar-refractivity contribution in [3.05, 3.63) is 11.9 Å². The molecule has 0 aromatic heterocycles. The van der Waals surface area contributed by atoms with Crippen LogP contribution in [0.2, 0.25) is 0 Å². The summed E-state index contributed by atoms with van der Waals surface area (Å²) >= 11 is 0. The van der Waals surface area contributed by atoms with Gasteiger partial charge in [-0.3, -0.25) is 0 Å². The molecule has 0 fully saturated rings. The lowest BCUT2D eigenvalue weighted by atomic mass is 10.5. The van der Waals surface area contributed by atoms with Crippen molar-refractivity contribution in [2.24, 2.45) is 10.7 Å². The predicted octanol–water partition coefficient (Wildman–Crippen LogP) is 0.740. The molecule has 1 unspecified atom stereocenters. The average Bonchev–Trinajstić information content (AvgIpc) is 1.87. The molecule has 0 aliphatic carbocycles. The minimum atomic E-state index is -1.17. The Hall–Kier alpha value is -1.06. The first-order chi connectivity index (χ1) is 4.66. The van der Waals surface area contributed by atoms with Gasteiger partial charge in [0.15, 0.2) is 6.30 Å². The van der Waals surface area contributed by atoms with E-state index in [4.69, 9.17) is 5.73 Å². The molecule has 0 heterocycles. The molecule has 0 amide bonds. The van der Waals surface area contributed by atoms with Crippen molar-refractivity contribution in [2.45, 2.75) is 20.1 Å². The number of halogens is 1. The van der Waals surface area contributed by atoms with E-state index in [2.05, 4.69) is 10.3 Å². The van der Waals surface area contributed by atoms with Gasteiger partial charge in [0.05, 0.1) is 6.34 Å². The highest BCUT2D eigenvalue weighted by Gasteiger charge is 1.86. The zero-order valence-corrected chi connectivity index (χ0v) is 6.13. The summed E-state index contributed by atoms with van der Waals surface area (Å²) < 4.78 is 12.0. The summed E-state index contributed by atoms with van der Waals surface area (Å²) in [6.07, 6.45) is 1.50. The molecule has 0 saturated carbocycles. The van der Waals surface area contributed by atoms with Gasteiger partial charge in [0.1, 0.15) is 0 Å². The molecule has 4 heteroatoms. The van der Waals surface area contributed by atoms with Gasteiger partial charge in [0.25, 0.3) is 0 Å². The minimum absolute atomic E-state index is 0.740. The molecule has 0 aliphatic rings. The molecule has 0 bridgehead atoms. The Morgan fingerprint density at radius 2 is 2.40 bits per heavy atom. The highest BCUT2D eigenvalue weighted by Crippen LogP contribution is 1.86. The monoisotopic (exact) mass is 145 g/mol. The van der Waals surface area contributed by atoms with Gasteiger partial charge in [-0.2, -0.15) is 0 Å². The first-order valence-corrected chi connectivity index (χ1v) is 2.97. The smallest absolute Gasteiger partial charge is 0.188 e. The van der Waals surface area contributed by atoms with E-state index in [1.807, 2.05) is 0 Å². The second kappa shape index (κ2) is 4.78. The lowest BCUT2D eigenvalue weighted by Crippen LogP contribution is -2.10. The van der Waals surface area contributed by atoms with Gasteiger partial charge in [0.2, 0.25) is 0 Å². The fraction of sp³-hybridized carbons (Fsp3) is 0.500. The lowest BCUT2D eigenvalue weighted by Gasteiger charge is -1.96. The van der Waals surface area contributed by atoms with E-state index < -0.39 is 6.30 Å².